The number of carbonyl (C=O) groups is 1. The van der Waals surface area contributed by atoms with Crippen molar-refractivity contribution in [1.82, 2.24) is 5.32 Å². The third kappa shape index (κ3) is 5.86. The van der Waals surface area contributed by atoms with Crippen molar-refractivity contribution in [2.75, 3.05) is 6.54 Å². The standard InChI is InChI=1S/C16H24FNO/c1-3-4-5-6-7-8-11-18-16(19)14-12-13(2)9-10-15(14)17/h9-10,12H,3-8,11H2,1-2H3,(H,18,19). The highest BCUT2D eigenvalue weighted by atomic mass is 19.1. The number of aryl methyl sites for hydroxylation is 1. The summed E-state index contributed by atoms with van der Waals surface area (Å²) in [5, 5.41) is 2.78. The molecule has 2 nitrogen and oxygen atoms in total. The highest BCUT2D eigenvalue weighted by Gasteiger charge is 2.10. The van der Waals surface area contributed by atoms with Gasteiger partial charge < -0.3 is 5.32 Å². The predicted octanol–water partition coefficient (Wildman–Crippen LogP) is 4.22. The number of amides is 1. The summed E-state index contributed by atoms with van der Waals surface area (Å²) in [5.41, 5.74) is 1.04. The van der Waals surface area contributed by atoms with Crippen LogP contribution in [-0.4, -0.2) is 12.5 Å². The highest BCUT2D eigenvalue weighted by Crippen LogP contribution is 2.10. The Bertz CT molecular complexity index is 404. The van der Waals surface area contributed by atoms with Gasteiger partial charge in [-0.1, -0.05) is 50.7 Å². The molecule has 0 aromatic heterocycles. The van der Waals surface area contributed by atoms with Crippen molar-refractivity contribution in [3.63, 3.8) is 0 Å². The van der Waals surface area contributed by atoms with E-state index in [9.17, 15) is 9.18 Å². The number of carbonyl (C=O) groups excluding carboxylic acids is 1. The molecule has 0 aliphatic carbocycles. The van der Waals surface area contributed by atoms with Crippen LogP contribution in [0.5, 0.6) is 0 Å². The monoisotopic (exact) mass is 265 g/mol. The van der Waals surface area contributed by atoms with Gasteiger partial charge in [0.1, 0.15) is 5.82 Å². The van der Waals surface area contributed by atoms with Crippen molar-refractivity contribution in [3.05, 3.63) is 35.1 Å². The molecule has 1 rings (SSSR count). The van der Waals surface area contributed by atoms with Crippen LogP contribution >= 0.6 is 0 Å². The Morgan fingerprint density at radius 1 is 1.16 bits per heavy atom. The molecule has 0 radical (unpaired) electrons. The lowest BCUT2D eigenvalue weighted by molar-refractivity contribution is 0.0949. The van der Waals surface area contributed by atoms with Crippen molar-refractivity contribution in [3.8, 4) is 0 Å². The van der Waals surface area contributed by atoms with Crippen LogP contribution in [0.25, 0.3) is 0 Å². The first-order chi connectivity index (χ1) is 9.15. The Morgan fingerprint density at radius 2 is 1.84 bits per heavy atom. The number of halogens is 1. The summed E-state index contributed by atoms with van der Waals surface area (Å²) in [4.78, 5) is 11.8. The maximum atomic E-state index is 13.5. The minimum Gasteiger partial charge on any atom is -0.352 e. The summed E-state index contributed by atoms with van der Waals surface area (Å²) in [7, 11) is 0. The van der Waals surface area contributed by atoms with Crippen LogP contribution in [0.3, 0.4) is 0 Å². The molecule has 0 atom stereocenters. The van der Waals surface area contributed by atoms with Crippen LogP contribution in [-0.2, 0) is 0 Å². The third-order valence-corrected chi connectivity index (χ3v) is 3.18. The number of rotatable bonds is 8. The molecule has 0 aliphatic rings. The minimum absolute atomic E-state index is 0.144. The first-order valence-electron chi connectivity index (χ1n) is 7.19. The molecular formula is C16H24FNO. The fraction of sp³-hybridized carbons (Fsp3) is 0.562. The summed E-state index contributed by atoms with van der Waals surface area (Å²) < 4.78 is 13.5. The molecule has 0 unspecified atom stereocenters. The molecule has 0 saturated carbocycles. The van der Waals surface area contributed by atoms with Gasteiger partial charge in [-0.15, -0.1) is 0 Å². The van der Waals surface area contributed by atoms with E-state index in [2.05, 4.69) is 12.2 Å². The molecular weight excluding hydrogens is 241 g/mol. The van der Waals surface area contributed by atoms with E-state index in [4.69, 9.17) is 0 Å². The molecule has 1 aromatic rings. The van der Waals surface area contributed by atoms with Crippen LogP contribution in [0, 0.1) is 12.7 Å². The van der Waals surface area contributed by atoms with Crippen molar-refractivity contribution in [2.24, 2.45) is 0 Å². The van der Waals surface area contributed by atoms with Crippen molar-refractivity contribution < 1.29 is 9.18 Å². The Balaban J connectivity index is 2.26. The van der Waals surface area contributed by atoms with Gasteiger partial charge in [0.05, 0.1) is 5.56 Å². The van der Waals surface area contributed by atoms with E-state index in [1.54, 1.807) is 12.1 Å². The zero-order valence-corrected chi connectivity index (χ0v) is 12.0. The molecule has 0 heterocycles. The molecule has 0 spiro atoms. The quantitative estimate of drug-likeness (QED) is 0.700. The lowest BCUT2D eigenvalue weighted by Crippen LogP contribution is -2.25. The number of unbranched alkanes of at least 4 members (excludes halogenated alkanes) is 5. The average molecular weight is 265 g/mol. The summed E-state index contributed by atoms with van der Waals surface area (Å²) >= 11 is 0. The second-order valence-electron chi connectivity index (χ2n) is 5.01. The van der Waals surface area contributed by atoms with Crippen LogP contribution < -0.4 is 5.32 Å². The zero-order chi connectivity index (χ0) is 14.1. The smallest absolute Gasteiger partial charge is 0.254 e. The Labute approximate surface area is 115 Å². The molecule has 3 heteroatoms. The Morgan fingerprint density at radius 3 is 2.58 bits per heavy atom. The SMILES string of the molecule is CCCCCCCCNC(=O)c1cc(C)ccc1F. The lowest BCUT2D eigenvalue weighted by Gasteiger charge is -2.07. The van der Waals surface area contributed by atoms with Crippen molar-refractivity contribution in [1.29, 1.82) is 0 Å². The molecule has 1 aromatic carbocycles. The van der Waals surface area contributed by atoms with E-state index in [1.165, 1.54) is 31.7 Å². The Hall–Kier alpha value is -1.38. The van der Waals surface area contributed by atoms with Crippen LogP contribution in [0.1, 0.15) is 61.4 Å². The van der Waals surface area contributed by atoms with E-state index in [0.29, 0.717) is 6.54 Å². The summed E-state index contributed by atoms with van der Waals surface area (Å²) in [6, 6.07) is 4.60. The van der Waals surface area contributed by atoms with Crippen molar-refractivity contribution in [2.45, 2.75) is 52.4 Å². The minimum atomic E-state index is -0.453. The maximum Gasteiger partial charge on any atom is 0.254 e. The summed E-state index contributed by atoms with van der Waals surface area (Å²) in [5.74, 6) is -0.763. The molecule has 19 heavy (non-hydrogen) atoms. The van der Waals surface area contributed by atoms with Crippen LogP contribution in [0.2, 0.25) is 0 Å². The number of hydrogen-bond acceptors (Lipinski definition) is 1. The number of nitrogens with one attached hydrogen (secondary N) is 1. The molecule has 0 saturated heterocycles. The van der Waals surface area contributed by atoms with Gasteiger partial charge in [-0.25, -0.2) is 4.39 Å². The maximum absolute atomic E-state index is 13.5. The molecule has 0 aliphatic heterocycles. The van der Waals surface area contributed by atoms with Gasteiger partial charge in [0, 0.05) is 6.54 Å². The molecule has 106 valence electrons. The van der Waals surface area contributed by atoms with E-state index in [-0.39, 0.29) is 11.5 Å². The van der Waals surface area contributed by atoms with Gasteiger partial charge in [0.15, 0.2) is 0 Å². The first-order valence-corrected chi connectivity index (χ1v) is 7.19. The highest BCUT2D eigenvalue weighted by molar-refractivity contribution is 5.94. The van der Waals surface area contributed by atoms with Gasteiger partial charge >= 0.3 is 0 Å². The zero-order valence-electron chi connectivity index (χ0n) is 12.0. The summed E-state index contributed by atoms with van der Waals surface area (Å²) in [6.07, 6.45) is 7.07. The van der Waals surface area contributed by atoms with E-state index >= 15 is 0 Å². The molecule has 1 amide bonds. The predicted molar refractivity (Wildman–Crippen MR) is 76.8 cm³/mol. The Kier molecular flexibility index (Phi) is 7.16. The van der Waals surface area contributed by atoms with Gasteiger partial charge in [0.25, 0.3) is 5.91 Å². The van der Waals surface area contributed by atoms with E-state index in [0.717, 1.165) is 18.4 Å². The van der Waals surface area contributed by atoms with Gasteiger partial charge in [-0.05, 0) is 25.5 Å². The van der Waals surface area contributed by atoms with Gasteiger partial charge in [-0.2, -0.15) is 0 Å². The van der Waals surface area contributed by atoms with Crippen LogP contribution in [0.4, 0.5) is 4.39 Å². The normalized spacial score (nSPS) is 10.5. The largest absolute Gasteiger partial charge is 0.352 e. The van der Waals surface area contributed by atoms with Gasteiger partial charge in [0.2, 0.25) is 0 Å². The molecule has 0 bridgehead atoms. The fourth-order valence-electron chi connectivity index (χ4n) is 2.02. The number of benzene rings is 1. The van der Waals surface area contributed by atoms with E-state index < -0.39 is 5.82 Å². The summed E-state index contributed by atoms with van der Waals surface area (Å²) in [6.45, 7) is 4.67. The second-order valence-corrected chi connectivity index (χ2v) is 5.01. The average Bonchev–Trinajstić information content (AvgIpc) is 2.40. The van der Waals surface area contributed by atoms with Gasteiger partial charge in [-0.3, -0.25) is 4.79 Å². The topological polar surface area (TPSA) is 29.1 Å². The second kappa shape index (κ2) is 8.68. The third-order valence-electron chi connectivity index (χ3n) is 3.18. The fourth-order valence-corrected chi connectivity index (χ4v) is 2.02. The molecule has 0 fully saturated rings. The first kappa shape index (κ1) is 15.7. The van der Waals surface area contributed by atoms with E-state index in [1.807, 2.05) is 6.92 Å². The van der Waals surface area contributed by atoms with Crippen LogP contribution in [0.15, 0.2) is 18.2 Å². The van der Waals surface area contributed by atoms with Crippen molar-refractivity contribution >= 4 is 5.91 Å². The molecule has 1 N–H and O–H groups in total. The number of hydrogen-bond donors (Lipinski definition) is 1. The lowest BCUT2D eigenvalue weighted by atomic mass is 10.1.